The summed E-state index contributed by atoms with van der Waals surface area (Å²) < 4.78 is 2.64. The Morgan fingerprint density at radius 3 is 2.82 bits per heavy atom. The van der Waals surface area contributed by atoms with Crippen molar-refractivity contribution in [1.82, 2.24) is 9.55 Å². The van der Waals surface area contributed by atoms with E-state index < -0.39 is 0 Å². The van der Waals surface area contributed by atoms with Crippen LogP contribution < -0.4 is 5.32 Å². The Balaban J connectivity index is 2.23. The highest BCUT2D eigenvalue weighted by atomic mass is 79.9. The summed E-state index contributed by atoms with van der Waals surface area (Å²) in [4.78, 5) is 16.1. The first-order valence-electron chi connectivity index (χ1n) is 5.13. The fourth-order valence-electron chi connectivity index (χ4n) is 1.63. The minimum absolute atomic E-state index is 0.152. The lowest BCUT2D eigenvalue weighted by Crippen LogP contribution is -2.16. The lowest BCUT2D eigenvalue weighted by molar-refractivity contribution is 0.101. The number of amides is 1. The molecule has 0 spiro atoms. The van der Waals surface area contributed by atoms with Crippen molar-refractivity contribution in [1.29, 1.82) is 0 Å². The third-order valence-corrected chi connectivity index (χ3v) is 2.91. The molecule has 0 bridgehead atoms. The van der Waals surface area contributed by atoms with E-state index in [0.717, 1.165) is 15.9 Å². The Morgan fingerprint density at radius 2 is 2.24 bits per heavy atom. The minimum Gasteiger partial charge on any atom is -0.330 e. The number of aromatic nitrogens is 2. The summed E-state index contributed by atoms with van der Waals surface area (Å²) in [5, 5.41) is 2.84. The van der Waals surface area contributed by atoms with Gasteiger partial charge in [0, 0.05) is 17.2 Å². The molecule has 88 valence electrons. The van der Waals surface area contributed by atoms with Crippen molar-refractivity contribution in [2.24, 2.45) is 7.05 Å². The number of hydrogen-bond donors (Lipinski definition) is 1. The predicted octanol–water partition coefficient (Wildman–Crippen LogP) is 2.74. The topological polar surface area (TPSA) is 46.9 Å². The van der Waals surface area contributed by atoms with Crippen LogP contribution in [0.5, 0.6) is 0 Å². The van der Waals surface area contributed by atoms with Gasteiger partial charge in [-0.1, -0.05) is 22.0 Å². The molecule has 0 aliphatic heterocycles. The van der Waals surface area contributed by atoms with E-state index in [9.17, 15) is 4.79 Å². The van der Waals surface area contributed by atoms with Crippen LogP contribution in [0.2, 0.25) is 0 Å². The summed E-state index contributed by atoms with van der Waals surface area (Å²) in [6, 6.07) is 7.47. The summed E-state index contributed by atoms with van der Waals surface area (Å²) in [6.45, 7) is 1.82. The molecule has 0 aliphatic rings. The van der Waals surface area contributed by atoms with Crippen LogP contribution in [0.15, 0.2) is 35.1 Å². The Morgan fingerprint density at radius 1 is 1.47 bits per heavy atom. The number of aryl methyl sites for hydroxylation is 2. The zero-order valence-corrected chi connectivity index (χ0v) is 11.2. The average molecular weight is 294 g/mol. The molecule has 0 aliphatic carbocycles. The quantitative estimate of drug-likeness (QED) is 0.925. The van der Waals surface area contributed by atoms with Crippen LogP contribution in [0, 0.1) is 6.92 Å². The molecule has 2 rings (SSSR count). The molecule has 0 atom stereocenters. The van der Waals surface area contributed by atoms with Gasteiger partial charge < -0.3 is 9.88 Å². The number of halogens is 1. The van der Waals surface area contributed by atoms with E-state index in [1.807, 2.05) is 31.2 Å². The number of nitrogens with one attached hydrogen (secondary N) is 1. The van der Waals surface area contributed by atoms with E-state index >= 15 is 0 Å². The molecule has 0 saturated carbocycles. The standard InChI is InChI=1S/C12H12BrN3O/c1-8-11(16(2)7-14-8)12(17)15-10-5-3-4-9(13)6-10/h3-7H,1-2H3,(H,15,17). The number of rotatable bonds is 2. The predicted molar refractivity (Wildman–Crippen MR) is 70.0 cm³/mol. The normalized spacial score (nSPS) is 10.3. The lowest BCUT2D eigenvalue weighted by atomic mass is 10.3. The largest absolute Gasteiger partial charge is 0.330 e. The Bertz CT molecular complexity index is 543. The van der Waals surface area contributed by atoms with Crippen molar-refractivity contribution in [2.75, 3.05) is 5.32 Å². The van der Waals surface area contributed by atoms with Gasteiger partial charge in [0.2, 0.25) is 0 Å². The third kappa shape index (κ3) is 2.55. The maximum Gasteiger partial charge on any atom is 0.274 e. The lowest BCUT2D eigenvalue weighted by Gasteiger charge is -2.06. The molecule has 17 heavy (non-hydrogen) atoms. The summed E-state index contributed by atoms with van der Waals surface area (Å²) in [6.07, 6.45) is 1.63. The number of carbonyl (C=O) groups excluding carboxylic acids is 1. The van der Waals surface area contributed by atoms with Gasteiger partial charge in [-0.25, -0.2) is 4.98 Å². The van der Waals surface area contributed by atoms with Gasteiger partial charge >= 0.3 is 0 Å². The molecule has 2 aromatic rings. The molecule has 1 N–H and O–H groups in total. The number of imidazole rings is 1. The van der Waals surface area contributed by atoms with Crippen molar-refractivity contribution in [2.45, 2.75) is 6.92 Å². The summed E-state index contributed by atoms with van der Waals surface area (Å²) >= 11 is 3.36. The zero-order valence-electron chi connectivity index (χ0n) is 9.57. The van der Waals surface area contributed by atoms with Crippen LogP contribution in [0.4, 0.5) is 5.69 Å². The number of anilines is 1. The zero-order chi connectivity index (χ0) is 12.4. The molecule has 0 unspecified atom stereocenters. The molecule has 1 aromatic heterocycles. The molecule has 0 saturated heterocycles. The highest BCUT2D eigenvalue weighted by Gasteiger charge is 2.14. The van der Waals surface area contributed by atoms with Gasteiger partial charge in [0.1, 0.15) is 5.69 Å². The van der Waals surface area contributed by atoms with E-state index in [1.54, 1.807) is 17.9 Å². The molecule has 4 nitrogen and oxygen atoms in total. The van der Waals surface area contributed by atoms with Crippen molar-refractivity contribution >= 4 is 27.5 Å². The van der Waals surface area contributed by atoms with E-state index in [2.05, 4.69) is 26.2 Å². The number of hydrogen-bond acceptors (Lipinski definition) is 2. The molecule has 1 amide bonds. The van der Waals surface area contributed by atoms with Crippen LogP contribution in [0.25, 0.3) is 0 Å². The summed E-state index contributed by atoms with van der Waals surface area (Å²) in [5.41, 5.74) is 2.05. The molecule has 1 aromatic carbocycles. The maximum absolute atomic E-state index is 12.0. The fourth-order valence-corrected chi connectivity index (χ4v) is 2.03. The van der Waals surface area contributed by atoms with Gasteiger partial charge in [-0.15, -0.1) is 0 Å². The fraction of sp³-hybridized carbons (Fsp3) is 0.167. The van der Waals surface area contributed by atoms with E-state index in [0.29, 0.717) is 5.69 Å². The van der Waals surface area contributed by atoms with Crippen molar-refractivity contribution in [3.05, 3.63) is 46.5 Å². The molecule has 5 heteroatoms. The van der Waals surface area contributed by atoms with Gasteiger partial charge in [-0.05, 0) is 25.1 Å². The van der Waals surface area contributed by atoms with Crippen LogP contribution >= 0.6 is 15.9 Å². The monoisotopic (exact) mass is 293 g/mol. The second kappa shape index (κ2) is 4.71. The SMILES string of the molecule is Cc1ncn(C)c1C(=O)Nc1cccc(Br)c1. The third-order valence-electron chi connectivity index (χ3n) is 2.42. The van der Waals surface area contributed by atoms with Gasteiger partial charge in [0.25, 0.3) is 5.91 Å². The second-order valence-corrected chi connectivity index (χ2v) is 4.67. The average Bonchev–Trinajstić information content (AvgIpc) is 2.58. The highest BCUT2D eigenvalue weighted by Crippen LogP contribution is 2.17. The van der Waals surface area contributed by atoms with E-state index in [1.165, 1.54) is 0 Å². The van der Waals surface area contributed by atoms with Crippen LogP contribution in [0.3, 0.4) is 0 Å². The highest BCUT2D eigenvalue weighted by molar-refractivity contribution is 9.10. The molecular weight excluding hydrogens is 282 g/mol. The van der Waals surface area contributed by atoms with E-state index in [-0.39, 0.29) is 5.91 Å². The van der Waals surface area contributed by atoms with Crippen molar-refractivity contribution < 1.29 is 4.79 Å². The molecule has 0 fully saturated rings. The van der Waals surface area contributed by atoms with Crippen LogP contribution in [-0.2, 0) is 7.05 Å². The van der Waals surface area contributed by atoms with Crippen LogP contribution in [-0.4, -0.2) is 15.5 Å². The smallest absolute Gasteiger partial charge is 0.274 e. The van der Waals surface area contributed by atoms with Crippen molar-refractivity contribution in [3.63, 3.8) is 0 Å². The van der Waals surface area contributed by atoms with Crippen molar-refractivity contribution in [3.8, 4) is 0 Å². The first-order valence-corrected chi connectivity index (χ1v) is 5.92. The van der Waals surface area contributed by atoms with Gasteiger partial charge in [0.05, 0.1) is 12.0 Å². The summed E-state index contributed by atoms with van der Waals surface area (Å²) in [5.74, 6) is -0.152. The second-order valence-electron chi connectivity index (χ2n) is 3.75. The Hall–Kier alpha value is -1.62. The molecule has 0 radical (unpaired) electrons. The van der Waals surface area contributed by atoms with Gasteiger partial charge in [0.15, 0.2) is 0 Å². The van der Waals surface area contributed by atoms with Crippen LogP contribution in [0.1, 0.15) is 16.2 Å². The minimum atomic E-state index is -0.152. The number of benzene rings is 1. The van der Waals surface area contributed by atoms with Gasteiger partial charge in [-0.2, -0.15) is 0 Å². The van der Waals surface area contributed by atoms with E-state index in [4.69, 9.17) is 0 Å². The Labute approximate surface area is 108 Å². The number of carbonyl (C=O) groups is 1. The molecule has 1 heterocycles. The first-order chi connectivity index (χ1) is 8.08. The Kier molecular flexibility index (Phi) is 3.28. The maximum atomic E-state index is 12.0. The summed E-state index contributed by atoms with van der Waals surface area (Å²) in [7, 11) is 1.80. The first kappa shape index (κ1) is 11.9. The molecular formula is C12H12BrN3O. The number of nitrogens with zero attached hydrogens (tertiary/aromatic N) is 2. The van der Waals surface area contributed by atoms with Gasteiger partial charge in [-0.3, -0.25) is 4.79 Å².